The van der Waals surface area contributed by atoms with Crippen molar-refractivity contribution < 1.29 is 32.7 Å². The van der Waals surface area contributed by atoms with Crippen molar-refractivity contribution in [1.29, 1.82) is 0 Å². The highest BCUT2D eigenvalue weighted by Gasteiger charge is 2.49. The van der Waals surface area contributed by atoms with E-state index in [1.165, 1.54) is 0 Å². The molecule has 0 atom stereocenters. The summed E-state index contributed by atoms with van der Waals surface area (Å²) in [5.74, 6) is -2.15. The number of alkyl halides is 3. The zero-order valence-electron chi connectivity index (χ0n) is 20.7. The number of para-hydroxylation sites is 1. The Morgan fingerprint density at radius 3 is 2.41 bits per heavy atom. The van der Waals surface area contributed by atoms with Crippen LogP contribution in [0.3, 0.4) is 0 Å². The molecule has 2 aromatic heterocycles. The molecule has 3 N–H and O–H groups in total. The van der Waals surface area contributed by atoms with E-state index in [0.717, 1.165) is 22.1 Å². The smallest absolute Gasteiger partial charge is 0.475 e. The van der Waals surface area contributed by atoms with Crippen LogP contribution in [0.15, 0.2) is 54.0 Å². The summed E-state index contributed by atoms with van der Waals surface area (Å²) in [7, 11) is 0. The number of hydrogen-bond acceptors (Lipinski definition) is 7. The number of likely N-dealkylation sites (tertiary alicyclic amines) is 1. The number of aliphatic carboxylic acids is 1. The maximum absolute atomic E-state index is 13.7. The van der Waals surface area contributed by atoms with Gasteiger partial charge in [0.1, 0.15) is 5.54 Å². The van der Waals surface area contributed by atoms with Gasteiger partial charge in [0.25, 0.3) is 5.91 Å². The highest BCUT2D eigenvalue weighted by Crippen LogP contribution is 2.39. The largest absolute Gasteiger partial charge is 0.490 e. The maximum Gasteiger partial charge on any atom is 0.490 e. The molecule has 10 nitrogen and oxygen atoms in total. The first kappa shape index (κ1) is 27.8. The number of piperidine rings is 1. The molecule has 1 saturated heterocycles. The molecule has 14 heteroatoms. The normalized spacial score (nSPS) is 16.1. The summed E-state index contributed by atoms with van der Waals surface area (Å²) < 4.78 is 31.7. The van der Waals surface area contributed by atoms with E-state index in [-0.39, 0.29) is 11.9 Å². The number of aryl methyl sites for hydroxylation is 1. The molecule has 2 aliphatic rings. The number of pyridine rings is 1. The maximum atomic E-state index is 13.7. The highest BCUT2D eigenvalue weighted by molar-refractivity contribution is 7.09. The van der Waals surface area contributed by atoms with Crippen LogP contribution in [-0.4, -0.2) is 62.7 Å². The molecule has 39 heavy (non-hydrogen) atoms. The lowest BCUT2D eigenvalue weighted by Gasteiger charge is -2.47. The molecule has 1 aromatic carbocycles. The van der Waals surface area contributed by atoms with Crippen LogP contribution in [0.1, 0.15) is 23.5 Å². The molecular formula is C25H25F3N6O4S. The van der Waals surface area contributed by atoms with E-state index < -0.39 is 17.7 Å². The summed E-state index contributed by atoms with van der Waals surface area (Å²) in [5, 5.41) is 16.5. The number of carboxylic acid groups (broad SMARTS) is 1. The van der Waals surface area contributed by atoms with Crippen LogP contribution in [-0.2, 0) is 16.1 Å². The lowest BCUT2D eigenvalue weighted by molar-refractivity contribution is -0.192. The van der Waals surface area contributed by atoms with Gasteiger partial charge in [-0.25, -0.2) is 19.6 Å². The van der Waals surface area contributed by atoms with Crippen LogP contribution in [0.5, 0.6) is 0 Å². The van der Waals surface area contributed by atoms with Crippen molar-refractivity contribution in [3.8, 4) is 0 Å². The Morgan fingerprint density at radius 2 is 1.82 bits per heavy atom. The van der Waals surface area contributed by atoms with Crippen molar-refractivity contribution in [2.75, 3.05) is 28.6 Å². The van der Waals surface area contributed by atoms with E-state index in [2.05, 4.69) is 20.6 Å². The number of rotatable bonds is 3. The molecule has 0 unspecified atom stereocenters. The molecule has 1 spiro atoms. The topological polar surface area (TPSA) is 128 Å². The summed E-state index contributed by atoms with van der Waals surface area (Å²) in [6.07, 6.45) is -2.34. The molecule has 0 aliphatic carbocycles. The Morgan fingerprint density at radius 1 is 1.15 bits per heavy atom. The van der Waals surface area contributed by atoms with Gasteiger partial charge in [0.2, 0.25) is 0 Å². The zero-order valence-corrected chi connectivity index (χ0v) is 21.6. The molecule has 1 fully saturated rings. The van der Waals surface area contributed by atoms with Gasteiger partial charge in [-0.3, -0.25) is 9.69 Å². The fourth-order valence-corrected chi connectivity index (χ4v) is 4.92. The van der Waals surface area contributed by atoms with E-state index in [1.54, 1.807) is 27.3 Å². The predicted molar refractivity (Wildman–Crippen MR) is 139 cm³/mol. The molecular weight excluding hydrogens is 537 g/mol. The summed E-state index contributed by atoms with van der Waals surface area (Å²) in [6.45, 7) is 3.31. The van der Waals surface area contributed by atoms with Gasteiger partial charge in [-0.15, -0.1) is 11.3 Å². The van der Waals surface area contributed by atoms with E-state index in [9.17, 15) is 22.8 Å². The van der Waals surface area contributed by atoms with Gasteiger partial charge in [0.15, 0.2) is 5.82 Å². The van der Waals surface area contributed by atoms with Gasteiger partial charge in [0, 0.05) is 30.4 Å². The van der Waals surface area contributed by atoms with Crippen molar-refractivity contribution in [3.63, 3.8) is 0 Å². The number of halogens is 3. The van der Waals surface area contributed by atoms with Gasteiger partial charge < -0.3 is 20.6 Å². The minimum atomic E-state index is -5.08. The van der Waals surface area contributed by atoms with Crippen molar-refractivity contribution in [2.24, 2.45) is 0 Å². The quantitative estimate of drug-likeness (QED) is 0.429. The molecule has 4 heterocycles. The van der Waals surface area contributed by atoms with E-state index in [4.69, 9.17) is 9.90 Å². The van der Waals surface area contributed by atoms with Gasteiger partial charge in [-0.2, -0.15) is 13.2 Å². The number of nitrogens with one attached hydrogen (secondary N) is 2. The van der Waals surface area contributed by atoms with Crippen LogP contribution >= 0.6 is 11.3 Å². The third kappa shape index (κ3) is 6.45. The standard InChI is InChI=1S/C23H24N6O2S.C2HF3O2/c1-16-25-18(15-32-16)14-29-20-19(8-5-11-24-20)27-23(21(29)30)9-12-28(13-10-23)22(31)26-17-6-3-2-4-7-17;3-2(4,5)1(6)7/h2-8,11,15,27H,9-10,12-14H2,1H3,(H,26,31);(H,6,7). The number of fused-ring (bicyclic) bond motifs is 1. The summed E-state index contributed by atoms with van der Waals surface area (Å²) in [5.41, 5.74) is 1.69. The molecule has 3 aromatic rings. The lowest BCUT2D eigenvalue weighted by atomic mass is 9.84. The summed E-state index contributed by atoms with van der Waals surface area (Å²) in [4.78, 5) is 47.8. The highest BCUT2D eigenvalue weighted by atomic mass is 32.1. The Labute approximate surface area is 225 Å². The molecule has 206 valence electrons. The Hall–Kier alpha value is -4.20. The second-order valence-corrected chi connectivity index (χ2v) is 9.98. The number of anilines is 3. The first-order valence-corrected chi connectivity index (χ1v) is 12.7. The van der Waals surface area contributed by atoms with Crippen LogP contribution < -0.4 is 15.5 Å². The van der Waals surface area contributed by atoms with Crippen molar-refractivity contribution in [3.05, 3.63) is 64.7 Å². The van der Waals surface area contributed by atoms with Gasteiger partial charge >= 0.3 is 18.2 Å². The number of carbonyl (C=O) groups excluding carboxylic acids is 2. The predicted octanol–water partition coefficient (Wildman–Crippen LogP) is 4.51. The van der Waals surface area contributed by atoms with Crippen LogP contribution in [0, 0.1) is 6.92 Å². The molecule has 0 bridgehead atoms. The summed E-state index contributed by atoms with van der Waals surface area (Å²) >= 11 is 1.57. The number of benzene rings is 1. The number of hydrogen-bond donors (Lipinski definition) is 3. The Bertz CT molecular complexity index is 1340. The fourth-order valence-electron chi connectivity index (χ4n) is 4.32. The van der Waals surface area contributed by atoms with Crippen molar-refractivity contribution in [2.45, 2.75) is 38.0 Å². The number of nitrogens with zero attached hydrogens (tertiary/aromatic N) is 4. The number of carboxylic acids is 1. The molecule has 5 rings (SSSR count). The SMILES string of the molecule is Cc1nc(CN2C(=O)C3(CCN(C(=O)Nc4ccccc4)CC3)Nc3cccnc32)cs1.O=C(O)C(F)(F)F. The van der Waals surface area contributed by atoms with Gasteiger partial charge in [-0.05, 0) is 44.0 Å². The lowest BCUT2D eigenvalue weighted by Crippen LogP contribution is -2.62. The third-order valence-electron chi connectivity index (χ3n) is 6.23. The van der Waals surface area contributed by atoms with Crippen molar-refractivity contribution in [1.82, 2.24) is 14.9 Å². The Balaban J connectivity index is 0.000000448. The number of urea groups is 1. The minimum absolute atomic E-state index is 0.0162. The second-order valence-electron chi connectivity index (χ2n) is 8.92. The number of amides is 3. The first-order valence-electron chi connectivity index (χ1n) is 11.9. The molecule has 2 aliphatic heterocycles. The summed E-state index contributed by atoms with van der Waals surface area (Å²) in [6, 6.07) is 13.1. The monoisotopic (exact) mass is 562 g/mol. The number of carbonyl (C=O) groups is 3. The fraction of sp³-hybridized carbons (Fsp3) is 0.320. The zero-order chi connectivity index (χ0) is 28.2. The van der Waals surface area contributed by atoms with Crippen LogP contribution in [0.4, 0.5) is 35.2 Å². The third-order valence-corrected chi connectivity index (χ3v) is 7.05. The van der Waals surface area contributed by atoms with E-state index >= 15 is 0 Å². The van der Waals surface area contributed by atoms with Crippen LogP contribution in [0.2, 0.25) is 0 Å². The average molecular weight is 563 g/mol. The first-order chi connectivity index (χ1) is 18.5. The number of thiazole rings is 1. The average Bonchev–Trinajstić information content (AvgIpc) is 3.32. The van der Waals surface area contributed by atoms with E-state index in [1.807, 2.05) is 54.8 Å². The number of aromatic nitrogens is 2. The second kappa shape index (κ2) is 11.3. The molecule has 0 radical (unpaired) electrons. The molecule has 3 amide bonds. The minimum Gasteiger partial charge on any atom is -0.475 e. The van der Waals surface area contributed by atoms with E-state index in [0.29, 0.717) is 38.3 Å². The van der Waals surface area contributed by atoms with Gasteiger partial charge in [-0.1, -0.05) is 18.2 Å². The van der Waals surface area contributed by atoms with Crippen molar-refractivity contribution >= 4 is 46.4 Å². The van der Waals surface area contributed by atoms with Crippen LogP contribution in [0.25, 0.3) is 0 Å². The molecule has 0 saturated carbocycles. The van der Waals surface area contributed by atoms with Gasteiger partial charge in [0.05, 0.1) is 22.9 Å². The Kier molecular flexibility index (Phi) is 8.04.